The number of nitrogens with two attached hydrogens (primary N) is 1. The molecule has 0 radical (unpaired) electrons. The number of nitrogens with one attached hydrogen (secondary N) is 3. The average Bonchev–Trinajstić information content (AvgIpc) is 3.01. The van der Waals surface area contributed by atoms with Crippen LogP contribution in [0.5, 0.6) is 0 Å². The highest BCUT2D eigenvalue weighted by molar-refractivity contribution is 7.87. The molecule has 246 valence electrons. The summed E-state index contributed by atoms with van der Waals surface area (Å²) in [5.41, 5.74) is 5.29. The van der Waals surface area contributed by atoms with E-state index in [9.17, 15) is 32.7 Å². The number of nitrogens with zero attached hydrogens (tertiary/aromatic N) is 2. The smallest absolute Gasteiger partial charge is 0.327 e. The normalized spacial score (nSPS) is 16.1. The van der Waals surface area contributed by atoms with Crippen LogP contribution in [-0.2, 0) is 35.8 Å². The summed E-state index contributed by atoms with van der Waals surface area (Å²) < 4.78 is 34.4. The first kappa shape index (κ1) is 34.4. The third kappa shape index (κ3) is 8.42. The maximum atomic E-state index is 13.5. The van der Waals surface area contributed by atoms with Gasteiger partial charge in [-0.3, -0.25) is 19.2 Å². The minimum absolute atomic E-state index is 0.0114. The van der Waals surface area contributed by atoms with Crippen molar-refractivity contribution in [2.24, 2.45) is 5.73 Å². The number of hydrogen-bond donors (Lipinski definition) is 5. The Labute approximate surface area is 266 Å². The van der Waals surface area contributed by atoms with E-state index in [0.29, 0.717) is 17.5 Å². The molecule has 2 aromatic carbocycles. The molecule has 3 aromatic rings. The number of primary amides is 1. The number of pyridine rings is 1. The van der Waals surface area contributed by atoms with Crippen molar-refractivity contribution >= 4 is 44.8 Å². The van der Waals surface area contributed by atoms with Crippen molar-refractivity contribution < 1.29 is 37.4 Å². The zero-order chi connectivity index (χ0) is 33.5. The van der Waals surface area contributed by atoms with Crippen molar-refractivity contribution in [2.45, 2.75) is 55.8 Å². The van der Waals surface area contributed by atoms with Crippen LogP contribution < -0.4 is 21.1 Å². The van der Waals surface area contributed by atoms with Gasteiger partial charge in [0, 0.05) is 19.0 Å². The molecule has 3 atom stereocenters. The number of aliphatic hydroxyl groups is 1. The molecule has 0 saturated heterocycles. The number of aliphatic hydroxyl groups excluding tert-OH is 1. The highest BCUT2D eigenvalue weighted by atomic mass is 32.2. The number of carbonyl (C=O) groups is 4. The van der Waals surface area contributed by atoms with Crippen LogP contribution in [-0.4, -0.2) is 90.9 Å². The van der Waals surface area contributed by atoms with Crippen LogP contribution in [0.25, 0.3) is 10.9 Å². The lowest BCUT2D eigenvalue weighted by Crippen LogP contribution is -2.62. The number of rotatable bonds is 15. The fourth-order valence-electron chi connectivity index (χ4n) is 5.16. The Kier molecular flexibility index (Phi) is 11.1. The minimum atomic E-state index is -4.27. The number of benzene rings is 2. The van der Waals surface area contributed by atoms with Crippen molar-refractivity contribution in [2.75, 3.05) is 20.7 Å². The van der Waals surface area contributed by atoms with E-state index in [1.165, 1.54) is 20.2 Å². The van der Waals surface area contributed by atoms with Gasteiger partial charge in [-0.25, -0.2) is 4.98 Å². The van der Waals surface area contributed by atoms with E-state index in [1.807, 2.05) is 12.1 Å². The van der Waals surface area contributed by atoms with E-state index in [0.717, 1.165) is 9.69 Å². The van der Waals surface area contributed by atoms with Gasteiger partial charge in [0.15, 0.2) is 0 Å². The van der Waals surface area contributed by atoms with E-state index in [4.69, 9.17) is 10.5 Å². The molecule has 1 aromatic heterocycles. The number of esters is 1. The van der Waals surface area contributed by atoms with Crippen LogP contribution in [0.1, 0.15) is 41.7 Å². The second-order valence-electron chi connectivity index (χ2n) is 11.3. The van der Waals surface area contributed by atoms with Crippen molar-refractivity contribution in [3.63, 3.8) is 0 Å². The lowest BCUT2D eigenvalue weighted by Gasteiger charge is -2.40. The second kappa shape index (κ2) is 14.8. The zero-order valence-electron chi connectivity index (χ0n) is 25.5. The van der Waals surface area contributed by atoms with E-state index in [-0.39, 0.29) is 25.0 Å². The largest absolute Gasteiger partial charge is 0.468 e. The van der Waals surface area contributed by atoms with Gasteiger partial charge in [0.25, 0.3) is 16.1 Å². The van der Waals surface area contributed by atoms with Gasteiger partial charge in [0.05, 0.1) is 31.2 Å². The number of fused-ring (bicyclic) bond motifs is 1. The van der Waals surface area contributed by atoms with Gasteiger partial charge < -0.3 is 26.2 Å². The lowest BCUT2D eigenvalue weighted by molar-refractivity contribution is -0.151. The van der Waals surface area contributed by atoms with Gasteiger partial charge in [-0.15, -0.1) is 0 Å². The third-order valence-corrected chi connectivity index (χ3v) is 9.53. The summed E-state index contributed by atoms with van der Waals surface area (Å²) in [6.07, 6.45) is -0.770. The number of likely N-dealkylation sites (N-methyl/N-ethyl adjacent to an activating group) is 1. The van der Waals surface area contributed by atoms with Crippen LogP contribution in [0.3, 0.4) is 0 Å². The Morgan fingerprint density at radius 2 is 1.70 bits per heavy atom. The molecule has 1 saturated carbocycles. The molecule has 1 aliphatic rings. The zero-order valence-corrected chi connectivity index (χ0v) is 26.3. The molecule has 1 heterocycles. The summed E-state index contributed by atoms with van der Waals surface area (Å²) in [6.45, 7) is -0.474. The van der Waals surface area contributed by atoms with E-state index >= 15 is 0 Å². The molecule has 4 rings (SSSR count). The first-order valence-corrected chi connectivity index (χ1v) is 16.1. The van der Waals surface area contributed by atoms with Crippen LogP contribution in [0.2, 0.25) is 0 Å². The minimum Gasteiger partial charge on any atom is -0.468 e. The maximum absolute atomic E-state index is 13.5. The lowest BCUT2D eigenvalue weighted by atomic mass is 9.78. The third-order valence-electron chi connectivity index (χ3n) is 7.91. The molecule has 6 N–H and O–H groups in total. The molecule has 1 unspecified atom stereocenters. The first-order valence-electron chi connectivity index (χ1n) is 14.6. The van der Waals surface area contributed by atoms with Crippen LogP contribution >= 0.6 is 0 Å². The van der Waals surface area contributed by atoms with E-state index in [1.54, 1.807) is 48.5 Å². The molecule has 0 bridgehead atoms. The van der Waals surface area contributed by atoms with Gasteiger partial charge in [-0.1, -0.05) is 54.6 Å². The molecule has 1 aliphatic carbocycles. The Bertz CT molecular complexity index is 1680. The quantitative estimate of drug-likeness (QED) is 0.141. The fraction of sp³-hybridized carbons (Fsp3) is 0.387. The topological polar surface area (TPSA) is 210 Å². The summed E-state index contributed by atoms with van der Waals surface area (Å²) >= 11 is 0. The Hall–Kier alpha value is -4.44. The average molecular weight is 655 g/mol. The van der Waals surface area contributed by atoms with Crippen LogP contribution in [0.4, 0.5) is 0 Å². The maximum Gasteiger partial charge on any atom is 0.327 e. The standard InChI is InChI=1S/C31H38N6O8S/c1-37(46(43,44)36-31(15-8-16-31)30(42)45-2)19-26(38)24(17-20-9-4-3-5-10-20)34-29(41)25(18-27(32)39)35-28(40)23-14-13-21-11-6-7-12-22(21)33-23/h3-7,9-14,24-26,36,38H,8,15-19H2,1-2H3,(H2,32,39)(H,34,41)(H,35,40)/t24-,25?,26+/m0/s1. The summed E-state index contributed by atoms with van der Waals surface area (Å²) in [4.78, 5) is 55.1. The van der Waals surface area contributed by atoms with Gasteiger partial charge in [0.1, 0.15) is 17.3 Å². The molecule has 14 nitrogen and oxygen atoms in total. The highest BCUT2D eigenvalue weighted by Gasteiger charge is 2.49. The molecule has 0 aliphatic heterocycles. The van der Waals surface area contributed by atoms with Crippen LogP contribution in [0, 0.1) is 0 Å². The monoisotopic (exact) mass is 654 g/mol. The Balaban J connectivity index is 1.51. The molecule has 15 heteroatoms. The highest BCUT2D eigenvalue weighted by Crippen LogP contribution is 2.34. The van der Waals surface area contributed by atoms with Crippen molar-refractivity contribution in [1.82, 2.24) is 24.6 Å². The Morgan fingerprint density at radius 1 is 1.02 bits per heavy atom. The molecule has 1 fully saturated rings. The number of para-hydroxylation sites is 1. The van der Waals surface area contributed by atoms with Gasteiger partial charge in [-0.05, 0) is 43.4 Å². The van der Waals surface area contributed by atoms with E-state index in [2.05, 4.69) is 20.3 Å². The summed E-state index contributed by atoms with van der Waals surface area (Å²) in [5.74, 6) is -3.11. The van der Waals surface area contributed by atoms with Crippen LogP contribution in [0.15, 0.2) is 66.7 Å². The first-order chi connectivity index (χ1) is 21.8. The number of ether oxygens (including phenoxy) is 1. The van der Waals surface area contributed by atoms with Crippen molar-refractivity contribution in [1.29, 1.82) is 0 Å². The number of carbonyl (C=O) groups excluding carboxylic acids is 4. The summed E-state index contributed by atoms with van der Waals surface area (Å²) in [5, 5.41) is 17.2. The predicted octanol–water partition coefficient (Wildman–Crippen LogP) is 0.159. The van der Waals surface area contributed by atoms with E-state index < -0.39 is 70.6 Å². The molecule has 0 spiro atoms. The van der Waals surface area contributed by atoms with Gasteiger partial charge in [0.2, 0.25) is 11.8 Å². The summed E-state index contributed by atoms with van der Waals surface area (Å²) in [7, 11) is -1.87. The SMILES string of the molecule is COC(=O)C1(NS(=O)(=O)N(C)C[C@@H](O)[C@H](Cc2ccccc2)NC(=O)C(CC(N)=O)NC(=O)c2ccc3ccccc3n2)CCC1. The molecule has 3 amide bonds. The summed E-state index contributed by atoms with van der Waals surface area (Å²) in [6, 6.07) is 16.7. The fourth-order valence-corrected chi connectivity index (χ4v) is 6.44. The number of hydrogen-bond acceptors (Lipinski definition) is 9. The number of methoxy groups -OCH3 is 1. The second-order valence-corrected chi connectivity index (χ2v) is 13.1. The van der Waals surface area contributed by atoms with Crippen molar-refractivity contribution in [3.8, 4) is 0 Å². The molecular formula is C31H38N6O8S. The van der Waals surface area contributed by atoms with Crippen molar-refractivity contribution in [3.05, 3.63) is 78.0 Å². The molecular weight excluding hydrogens is 616 g/mol. The Morgan fingerprint density at radius 3 is 2.33 bits per heavy atom. The van der Waals surface area contributed by atoms with Gasteiger partial charge >= 0.3 is 5.97 Å². The molecule has 46 heavy (non-hydrogen) atoms. The van der Waals surface area contributed by atoms with Gasteiger partial charge in [-0.2, -0.15) is 17.4 Å². The predicted molar refractivity (Wildman–Crippen MR) is 168 cm³/mol. The number of amides is 3. The number of aromatic nitrogens is 1.